The summed E-state index contributed by atoms with van der Waals surface area (Å²) in [6.07, 6.45) is 4.82. The number of carbonyl (C=O) groups excluding carboxylic acids is 1. The van der Waals surface area contributed by atoms with E-state index in [-0.39, 0.29) is 5.91 Å². The molecule has 0 radical (unpaired) electrons. The summed E-state index contributed by atoms with van der Waals surface area (Å²) >= 11 is 6.53. The van der Waals surface area contributed by atoms with E-state index in [1.54, 1.807) is 6.20 Å². The number of amides is 1. The lowest BCUT2D eigenvalue weighted by Gasteiger charge is -2.27. The van der Waals surface area contributed by atoms with Gasteiger partial charge in [0.1, 0.15) is 9.21 Å². The maximum atomic E-state index is 12.5. The first kappa shape index (κ1) is 18.8. The van der Waals surface area contributed by atoms with E-state index in [1.807, 2.05) is 13.8 Å². The zero-order chi connectivity index (χ0) is 16.9. The number of nitrogens with zero attached hydrogens (tertiary/aromatic N) is 2. The summed E-state index contributed by atoms with van der Waals surface area (Å²) in [5.74, 6) is 0.959. The fourth-order valence-electron chi connectivity index (χ4n) is 2.40. The Morgan fingerprint density at radius 1 is 1.39 bits per heavy atom. The van der Waals surface area contributed by atoms with Gasteiger partial charge in [0.2, 0.25) is 5.91 Å². The SMILES string of the molecule is CC(C)(NCCC1CCOCC1)C(=O)Nc1ncc(Br)nc1Br. The molecule has 2 rings (SSSR count). The number of anilines is 1. The molecule has 1 aliphatic heterocycles. The molecule has 0 bridgehead atoms. The molecule has 128 valence electrons. The van der Waals surface area contributed by atoms with Gasteiger partial charge in [0.15, 0.2) is 5.82 Å². The van der Waals surface area contributed by atoms with Crippen molar-refractivity contribution in [2.45, 2.75) is 38.6 Å². The minimum atomic E-state index is -0.681. The molecule has 0 atom stereocenters. The molecule has 1 amide bonds. The first-order valence-electron chi connectivity index (χ1n) is 7.71. The van der Waals surface area contributed by atoms with E-state index in [9.17, 15) is 4.79 Å². The Balaban J connectivity index is 1.83. The topological polar surface area (TPSA) is 76.1 Å². The number of carbonyl (C=O) groups is 1. The zero-order valence-electron chi connectivity index (χ0n) is 13.4. The number of hydrogen-bond donors (Lipinski definition) is 2. The molecular formula is C15H22Br2N4O2. The quantitative estimate of drug-likeness (QED) is 0.697. The van der Waals surface area contributed by atoms with Gasteiger partial charge in [-0.15, -0.1) is 0 Å². The largest absolute Gasteiger partial charge is 0.381 e. The Hall–Kier alpha value is -0.570. The van der Waals surface area contributed by atoms with Crippen molar-refractivity contribution in [1.82, 2.24) is 15.3 Å². The maximum absolute atomic E-state index is 12.5. The third-order valence-corrected chi connectivity index (χ3v) is 4.90. The number of halogens is 2. The summed E-state index contributed by atoms with van der Waals surface area (Å²) in [6.45, 7) is 6.24. The van der Waals surface area contributed by atoms with Crippen LogP contribution in [0.4, 0.5) is 5.82 Å². The van der Waals surface area contributed by atoms with E-state index in [1.165, 1.54) is 0 Å². The van der Waals surface area contributed by atoms with Gasteiger partial charge in [-0.05, 0) is 77.4 Å². The molecule has 0 spiro atoms. The molecule has 0 saturated carbocycles. The van der Waals surface area contributed by atoms with Crippen molar-refractivity contribution >= 4 is 43.6 Å². The predicted molar refractivity (Wildman–Crippen MR) is 96.3 cm³/mol. The fraction of sp³-hybridized carbons (Fsp3) is 0.667. The van der Waals surface area contributed by atoms with Gasteiger partial charge < -0.3 is 15.4 Å². The van der Waals surface area contributed by atoms with Crippen LogP contribution in [0, 0.1) is 5.92 Å². The number of nitrogens with one attached hydrogen (secondary N) is 2. The number of rotatable bonds is 6. The predicted octanol–water partition coefficient (Wildman–Crippen LogP) is 3.13. The molecule has 0 unspecified atom stereocenters. The van der Waals surface area contributed by atoms with Gasteiger partial charge in [-0.25, -0.2) is 9.97 Å². The standard InChI is InChI=1S/C15H22Br2N4O2/c1-15(2,19-6-3-10-4-7-23-8-5-10)14(22)21-13-12(17)20-11(16)9-18-13/h9-10,19H,3-8H2,1-2H3,(H,18,21,22). The van der Waals surface area contributed by atoms with Crippen molar-refractivity contribution in [3.63, 3.8) is 0 Å². The Labute approximate surface area is 153 Å². The Morgan fingerprint density at radius 2 is 2.09 bits per heavy atom. The molecule has 23 heavy (non-hydrogen) atoms. The van der Waals surface area contributed by atoms with E-state index in [0.717, 1.165) is 39.0 Å². The van der Waals surface area contributed by atoms with Crippen LogP contribution in [0.5, 0.6) is 0 Å². The van der Waals surface area contributed by atoms with Crippen LogP contribution in [0.1, 0.15) is 33.1 Å². The first-order valence-corrected chi connectivity index (χ1v) is 9.29. The molecule has 0 aliphatic carbocycles. The average Bonchev–Trinajstić information content (AvgIpc) is 2.51. The van der Waals surface area contributed by atoms with E-state index in [0.29, 0.717) is 20.9 Å². The molecule has 8 heteroatoms. The molecular weight excluding hydrogens is 428 g/mol. The van der Waals surface area contributed by atoms with E-state index in [4.69, 9.17) is 4.74 Å². The molecule has 1 aliphatic rings. The Bertz CT molecular complexity index is 548. The van der Waals surface area contributed by atoms with Crippen LogP contribution < -0.4 is 10.6 Å². The van der Waals surface area contributed by atoms with Crippen LogP contribution in [-0.4, -0.2) is 41.2 Å². The number of ether oxygens (including phenoxy) is 1. The van der Waals surface area contributed by atoms with Crippen LogP contribution in [0.25, 0.3) is 0 Å². The monoisotopic (exact) mass is 448 g/mol. The third kappa shape index (κ3) is 5.77. The van der Waals surface area contributed by atoms with E-state index in [2.05, 4.69) is 52.5 Å². The molecule has 2 N–H and O–H groups in total. The lowest BCUT2D eigenvalue weighted by molar-refractivity contribution is -0.121. The number of hydrogen-bond acceptors (Lipinski definition) is 5. The van der Waals surface area contributed by atoms with Crippen molar-refractivity contribution in [1.29, 1.82) is 0 Å². The highest BCUT2D eigenvalue weighted by molar-refractivity contribution is 9.11. The molecule has 0 aromatic carbocycles. The molecule has 1 fully saturated rings. The van der Waals surface area contributed by atoms with Gasteiger partial charge in [0, 0.05) is 13.2 Å². The van der Waals surface area contributed by atoms with Crippen LogP contribution >= 0.6 is 31.9 Å². The van der Waals surface area contributed by atoms with Gasteiger partial charge in [-0.2, -0.15) is 0 Å². The zero-order valence-corrected chi connectivity index (χ0v) is 16.5. The van der Waals surface area contributed by atoms with Crippen molar-refractivity contribution in [2.75, 3.05) is 25.1 Å². The van der Waals surface area contributed by atoms with Crippen molar-refractivity contribution < 1.29 is 9.53 Å². The summed E-state index contributed by atoms with van der Waals surface area (Å²) in [5.41, 5.74) is -0.681. The lowest BCUT2D eigenvalue weighted by Crippen LogP contribution is -2.50. The second-order valence-electron chi connectivity index (χ2n) is 6.18. The second-order valence-corrected chi connectivity index (χ2v) is 7.75. The van der Waals surface area contributed by atoms with E-state index < -0.39 is 5.54 Å². The van der Waals surface area contributed by atoms with Gasteiger partial charge >= 0.3 is 0 Å². The van der Waals surface area contributed by atoms with Crippen LogP contribution in [0.2, 0.25) is 0 Å². The van der Waals surface area contributed by atoms with Gasteiger partial charge in [0.05, 0.1) is 11.7 Å². The van der Waals surface area contributed by atoms with E-state index >= 15 is 0 Å². The summed E-state index contributed by atoms with van der Waals surface area (Å²) in [7, 11) is 0. The Kier molecular flexibility index (Phi) is 6.94. The van der Waals surface area contributed by atoms with Gasteiger partial charge in [-0.1, -0.05) is 0 Å². The normalized spacial score (nSPS) is 16.3. The van der Waals surface area contributed by atoms with Crippen molar-refractivity contribution in [2.24, 2.45) is 5.92 Å². The molecule has 1 aromatic heterocycles. The smallest absolute Gasteiger partial charge is 0.245 e. The lowest BCUT2D eigenvalue weighted by atomic mass is 9.95. The Morgan fingerprint density at radius 3 is 2.74 bits per heavy atom. The van der Waals surface area contributed by atoms with Crippen molar-refractivity contribution in [3.05, 3.63) is 15.4 Å². The minimum absolute atomic E-state index is 0.137. The second kappa shape index (κ2) is 8.50. The summed E-state index contributed by atoms with van der Waals surface area (Å²) in [4.78, 5) is 20.8. The van der Waals surface area contributed by atoms with Crippen LogP contribution in [-0.2, 0) is 9.53 Å². The molecule has 1 aromatic rings. The summed E-state index contributed by atoms with van der Waals surface area (Å²) < 4.78 is 6.47. The van der Waals surface area contributed by atoms with Crippen molar-refractivity contribution in [3.8, 4) is 0 Å². The fourth-order valence-corrected chi connectivity index (χ4v) is 3.31. The summed E-state index contributed by atoms with van der Waals surface area (Å²) in [5, 5.41) is 6.13. The average molecular weight is 450 g/mol. The molecule has 1 saturated heterocycles. The van der Waals surface area contributed by atoms with Crippen LogP contribution in [0.3, 0.4) is 0 Å². The van der Waals surface area contributed by atoms with Gasteiger partial charge in [0.25, 0.3) is 0 Å². The first-order chi connectivity index (χ1) is 10.9. The number of aromatic nitrogens is 2. The summed E-state index contributed by atoms with van der Waals surface area (Å²) in [6, 6.07) is 0. The molecule has 6 nitrogen and oxygen atoms in total. The minimum Gasteiger partial charge on any atom is -0.381 e. The highest BCUT2D eigenvalue weighted by Gasteiger charge is 2.28. The van der Waals surface area contributed by atoms with Crippen LogP contribution in [0.15, 0.2) is 15.4 Å². The maximum Gasteiger partial charge on any atom is 0.245 e. The highest BCUT2D eigenvalue weighted by atomic mass is 79.9. The highest BCUT2D eigenvalue weighted by Crippen LogP contribution is 2.21. The third-order valence-electron chi connectivity index (χ3n) is 3.96. The molecule has 2 heterocycles. The van der Waals surface area contributed by atoms with Gasteiger partial charge in [-0.3, -0.25) is 4.79 Å².